The van der Waals surface area contributed by atoms with Gasteiger partial charge in [0.1, 0.15) is 22.1 Å². The zero-order valence-electron chi connectivity index (χ0n) is 19.6. The molecule has 0 spiro atoms. The highest BCUT2D eigenvalue weighted by Crippen LogP contribution is 2.51. The number of amides is 1. The Morgan fingerprint density at radius 1 is 0.686 bits per heavy atom. The molecule has 2 atom stereocenters. The molecular weight excluding hydrogens is 450 g/mol. The minimum absolute atomic E-state index is 0.0382. The quantitative estimate of drug-likeness (QED) is 0.229. The summed E-state index contributed by atoms with van der Waals surface area (Å²) in [6.07, 6.45) is 3.06. The van der Waals surface area contributed by atoms with Gasteiger partial charge in [-0.15, -0.1) is 11.8 Å². The number of ether oxygens (including phenoxy) is 1. The summed E-state index contributed by atoms with van der Waals surface area (Å²) in [6.45, 7) is 0.746. The van der Waals surface area contributed by atoms with Crippen LogP contribution in [0.5, 0.6) is 11.5 Å². The van der Waals surface area contributed by atoms with Crippen molar-refractivity contribution in [2.75, 3.05) is 6.54 Å². The zero-order valence-corrected chi connectivity index (χ0v) is 20.4. The summed E-state index contributed by atoms with van der Waals surface area (Å²) in [7, 11) is 0. The van der Waals surface area contributed by atoms with Crippen LogP contribution in [-0.2, 0) is 11.2 Å². The molecule has 4 heteroatoms. The first kappa shape index (κ1) is 23.3. The van der Waals surface area contributed by atoms with Crippen LogP contribution in [0.25, 0.3) is 0 Å². The van der Waals surface area contributed by atoms with E-state index >= 15 is 0 Å². The first-order valence-electron chi connectivity index (χ1n) is 12.2. The van der Waals surface area contributed by atoms with E-state index in [1.165, 1.54) is 5.56 Å². The molecule has 1 aliphatic rings. The zero-order chi connectivity index (χ0) is 23.9. The Bertz CT molecular complexity index is 1230. The van der Waals surface area contributed by atoms with Gasteiger partial charge in [0.25, 0.3) is 0 Å². The maximum Gasteiger partial charge on any atom is 0.241 e. The summed E-state index contributed by atoms with van der Waals surface area (Å²) in [5.74, 6) is 1.79. The Labute approximate surface area is 211 Å². The van der Waals surface area contributed by atoms with E-state index in [0.29, 0.717) is 0 Å². The van der Waals surface area contributed by atoms with E-state index in [2.05, 4.69) is 53.4 Å². The van der Waals surface area contributed by atoms with Crippen LogP contribution >= 0.6 is 11.8 Å². The monoisotopic (exact) mass is 479 g/mol. The van der Waals surface area contributed by atoms with Gasteiger partial charge in [-0.3, -0.25) is 4.79 Å². The van der Waals surface area contributed by atoms with Crippen LogP contribution in [0.3, 0.4) is 0 Å². The molecule has 1 fully saturated rings. The lowest BCUT2D eigenvalue weighted by atomic mass is 10.1. The number of nitrogens with zero attached hydrogens (tertiary/aromatic N) is 1. The molecule has 3 nitrogen and oxygen atoms in total. The first-order valence-corrected chi connectivity index (χ1v) is 13.1. The fourth-order valence-electron chi connectivity index (χ4n) is 4.47. The molecule has 5 rings (SSSR count). The number of thioether (sulfide) groups is 1. The van der Waals surface area contributed by atoms with Crippen molar-refractivity contribution in [1.29, 1.82) is 0 Å². The Hall–Kier alpha value is -3.50. The van der Waals surface area contributed by atoms with Gasteiger partial charge in [-0.1, -0.05) is 91.0 Å². The van der Waals surface area contributed by atoms with E-state index in [0.717, 1.165) is 48.4 Å². The van der Waals surface area contributed by atoms with Gasteiger partial charge in [0.05, 0.1) is 0 Å². The SMILES string of the molecule is O=C1[C@@H](c2ccccc2)S[C@H](c2cccc(Oc3ccccc3)c2)N1CCCCc1ccccc1. The van der Waals surface area contributed by atoms with E-state index in [4.69, 9.17) is 4.74 Å². The van der Waals surface area contributed by atoms with Gasteiger partial charge < -0.3 is 9.64 Å². The molecule has 0 saturated carbocycles. The van der Waals surface area contributed by atoms with Crippen LogP contribution in [-0.4, -0.2) is 17.4 Å². The Balaban J connectivity index is 1.34. The molecule has 0 radical (unpaired) electrons. The number of para-hydroxylation sites is 1. The smallest absolute Gasteiger partial charge is 0.241 e. The van der Waals surface area contributed by atoms with Gasteiger partial charge in [0.2, 0.25) is 5.91 Å². The van der Waals surface area contributed by atoms with Crippen LogP contribution in [0, 0.1) is 0 Å². The number of rotatable bonds is 9. The van der Waals surface area contributed by atoms with Crippen LogP contribution in [0.1, 0.15) is 40.2 Å². The summed E-state index contributed by atoms with van der Waals surface area (Å²) in [4.78, 5) is 15.7. The Kier molecular flexibility index (Phi) is 7.50. The van der Waals surface area contributed by atoms with Crippen LogP contribution in [0.4, 0.5) is 0 Å². The summed E-state index contributed by atoms with van der Waals surface area (Å²) in [5, 5.41) is -0.224. The van der Waals surface area contributed by atoms with Crippen LogP contribution in [0.2, 0.25) is 0 Å². The first-order chi connectivity index (χ1) is 17.3. The molecule has 4 aromatic rings. The van der Waals surface area contributed by atoms with Crippen molar-refractivity contribution in [2.24, 2.45) is 0 Å². The molecule has 4 aromatic carbocycles. The fraction of sp³-hybridized carbons (Fsp3) is 0.194. The molecular formula is C31H29NO2S. The van der Waals surface area contributed by atoms with Crippen molar-refractivity contribution >= 4 is 17.7 Å². The van der Waals surface area contributed by atoms with Gasteiger partial charge in [-0.25, -0.2) is 0 Å². The molecule has 0 aliphatic carbocycles. The molecule has 0 bridgehead atoms. The summed E-state index contributed by atoms with van der Waals surface area (Å²) >= 11 is 1.72. The molecule has 1 heterocycles. The van der Waals surface area contributed by atoms with E-state index in [1.807, 2.05) is 66.7 Å². The number of carbonyl (C=O) groups is 1. The van der Waals surface area contributed by atoms with Crippen molar-refractivity contribution < 1.29 is 9.53 Å². The van der Waals surface area contributed by atoms with Crippen LogP contribution < -0.4 is 4.74 Å². The van der Waals surface area contributed by atoms with Crippen molar-refractivity contribution in [2.45, 2.75) is 29.9 Å². The average Bonchev–Trinajstić information content (AvgIpc) is 3.24. The number of unbranched alkanes of at least 4 members (excludes halogenated alkanes) is 1. The Morgan fingerprint density at radius 3 is 2.06 bits per heavy atom. The number of aryl methyl sites for hydroxylation is 1. The Morgan fingerprint density at radius 2 is 1.31 bits per heavy atom. The van der Waals surface area contributed by atoms with Crippen molar-refractivity contribution in [3.05, 3.63) is 132 Å². The standard InChI is InChI=1S/C31H29NO2S/c33-30-29(25-16-6-2-7-17-25)35-31(32(30)22-11-10-15-24-13-4-1-5-14-24)26-18-12-21-28(23-26)34-27-19-8-3-9-20-27/h1-9,12-14,16-21,23,29,31H,10-11,15,22H2/t29-,31-/m1/s1. The average molecular weight is 480 g/mol. The van der Waals surface area contributed by atoms with E-state index in [1.54, 1.807) is 11.8 Å². The van der Waals surface area contributed by atoms with Crippen LogP contribution in [0.15, 0.2) is 115 Å². The van der Waals surface area contributed by atoms with Gasteiger partial charge in [-0.2, -0.15) is 0 Å². The molecule has 1 saturated heterocycles. The second-order valence-corrected chi connectivity index (χ2v) is 9.93. The van der Waals surface area contributed by atoms with E-state index in [9.17, 15) is 4.79 Å². The lowest BCUT2D eigenvalue weighted by Gasteiger charge is -2.24. The predicted octanol–water partition coefficient (Wildman–Crippen LogP) is 7.82. The van der Waals surface area contributed by atoms with Crippen molar-refractivity contribution in [1.82, 2.24) is 4.90 Å². The highest BCUT2D eigenvalue weighted by Gasteiger charge is 2.41. The minimum Gasteiger partial charge on any atom is -0.457 e. The second-order valence-electron chi connectivity index (χ2n) is 8.74. The minimum atomic E-state index is -0.186. The van der Waals surface area contributed by atoms with Gasteiger partial charge in [0, 0.05) is 6.54 Å². The van der Waals surface area contributed by atoms with E-state index in [-0.39, 0.29) is 16.5 Å². The molecule has 0 aromatic heterocycles. The van der Waals surface area contributed by atoms with Gasteiger partial charge >= 0.3 is 0 Å². The summed E-state index contributed by atoms with van der Waals surface area (Å²) < 4.78 is 6.09. The molecule has 0 N–H and O–H groups in total. The topological polar surface area (TPSA) is 29.5 Å². The predicted molar refractivity (Wildman–Crippen MR) is 144 cm³/mol. The summed E-state index contributed by atoms with van der Waals surface area (Å²) in [6, 6.07) is 38.6. The number of carbonyl (C=O) groups excluding carboxylic acids is 1. The van der Waals surface area contributed by atoms with E-state index < -0.39 is 0 Å². The largest absolute Gasteiger partial charge is 0.457 e. The molecule has 35 heavy (non-hydrogen) atoms. The lowest BCUT2D eigenvalue weighted by molar-refractivity contribution is -0.130. The van der Waals surface area contributed by atoms with Crippen molar-refractivity contribution in [3.8, 4) is 11.5 Å². The lowest BCUT2D eigenvalue weighted by Crippen LogP contribution is -2.30. The number of hydrogen-bond donors (Lipinski definition) is 0. The molecule has 1 aliphatic heterocycles. The maximum absolute atomic E-state index is 13.6. The molecule has 0 unspecified atom stereocenters. The molecule has 1 amide bonds. The second kappa shape index (κ2) is 11.3. The fourth-order valence-corrected chi connectivity index (χ4v) is 5.96. The third-order valence-corrected chi connectivity index (χ3v) is 7.77. The van der Waals surface area contributed by atoms with Crippen molar-refractivity contribution in [3.63, 3.8) is 0 Å². The third-order valence-electron chi connectivity index (χ3n) is 6.24. The third kappa shape index (κ3) is 5.77. The maximum atomic E-state index is 13.6. The van der Waals surface area contributed by atoms with Gasteiger partial charge in [-0.05, 0) is 60.2 Å². The number of benzene rings is 4. The normalized spacial score (nSPS) is 17.5. The molecule has 176 valence electrons. The van der Waals surface area contributed by atoms with Gasteiger partial charge in [0.15, 0.2) is 0 Å². The highest BCUT2D eigenvalue weighted by molar-refractivity contribution is 8.00. The summed E-state index contributed by atoms with van der Waals surface area (Å²) in [5.41, 5.74) is 3.51. The highest BCUT2D eigenvalue weighted by atomic mass is 32.2. The number of hydrogen-bond acceptors (Lipinski definition) is 3.